The molecule has 24 heavy (non-hydrogen) atoms. The van der Waals surface area contributed by atoms with E-state index in [0.717, 1.165) is 17.2 Å². The van der Waals surface area contributed by atoms with E-state index in [2.05, 4.69) is 10.1 Å². The van der Waals surface area contributed by atoms with Gasteiger partial charge >= 0.3 is 6.18 Å². The van der Waals surface area contributed by atoms with Crippen molar-refractivity contribution in [3.05, 3.63) is 36.2 Å². The van der Waals surface area contributed by atoms with Gasteiger partial charge in [0, 0.05) is 24.7 Å². The van der Waals surface area contributed by atoms with Crippen LogP contribution >= 0.6 is 0 Å². The van der Waals surface area contributed by atoms with Crippen LogP contribution in [0.2, 0.25) is 0 Å². The molecule has 0 bridgehead atoms. The SMILES string of the molecule is O=CN1CC2(CC(n3nc(-c4ccccn4)cc3C(F)(F)F)C2)C1. The lowest BCUT2D eigenvalue weighted by Gasteiger charge is -2.58. The van der Waals surface area contributed by atoms with Gasteiger partial charge in [0.05, 0.1) is 11.7 Å². The van der Waals surface area contributed by atoms with Crippen molar-refractivity contribution in [3.63, 3.8) is 0 Å². The van der Waals surface area contributed by atoms with Crippen LogP contribution in [0.1, 0.15) is 24.6 Å². The lowest BCUT2D eigenvalue weighted by molar-refractivity contribution is -0.153. The standard InChI is InChI=1S/C16H15F3N4O/c17-16(18,19)14-5-13(12-3-1-2-4-20-12)21-23(14)11-6-15(7-11)8-22(9-15)10-24/h1-5,10-11H,6-9H2. The van der Waals surface area contributed by atoms with E-state index < -0.39 is 11.9 Å². The molecule has 2 aromatic heterocycles. The molecule has 2 fully saturated rings. The summed E-state index contributed by atoms with van der Waals surface area (Å²) >= 11 is 0. The molecule has 8 heteroatoms. The van der Waals surface area contributed by atoms with E-state index in [9.17, 15) is 18.0 Å². The summed E-state index contributed by atoms with van der Waals surface area (Å²) in [5.41, 5.74) is -0.112. The minimum absolute atomic E-state index is 0.0223. The van der Waals surface area contributed by atoms with E-state index in [4.69, 9.17) is 0 Å². The molecule has 5 nitrogen and oxygen atoms in total. The van der Waals surface area contributed by atoms with Crippen LogP contribution in [-0.4, -0.2) is 39.2 Å². The third-order valence-electron chi connectivity index (χ3n) is 4.86. The van der Waals surface area contributed by atoms with Crippen molar-refractivity contribution < 1.29 is 18.0 Å². The highest BCUT2D eigenvalue weighted by Crippen LogP contribution is 2.54. The van der Waals surface area contributed by atoms with Crippen molar-refractivity contribution >= 4 is 6.41 Å². The van der Waals surface area contributed by atoms with E-state index in [1.165, 1.54) is 6.20 Å². The molecule has 1 saturated heterocycles. The third kappa shape index (κ3) is 2.37. The Labute approximate surface area is 136 Å². The van der Waals surface area contributed by atoms with Crippen molar-refractivity contribution in [3.8, 4) is 11.4 Å². The quantitative estimate of drug-likeness (QED) is 0.810. The summed E-state index contributed by atoms with van der Waals surface area (Å²) in [6.07, 6.45) is -0.917. The van der Waals surface area contributed by atoms with E-state index in [0.29, 0.717) is 31.6 Å². The lowest BCUT2D eigenvalue weighted by atomic mass is 9.61. The van der Waals surface area contributed by atoms with Crippen molar-refractivity contribution in [2.45, 2.75) is 25.1 Å². The van der Waals surface area contributed by atoms with E-state index in [-0.39, 0.29) is 17.2 Å². The van der Waals surface area contributed by atoms with Crippen LogP contribution in [0, 0.1) is 5.41 Å². The average molecular weight is 336 g/mol. The van der Waals surface area contributed by atoms with Crippen molar-refractivity contribution in [1.29, 1.82) is 0 Å². The van der Waals surface area contributed by atoms with Gasteiger partial charge in [0.15, 0.2) is 0 Å². The van der Waals surface area contributed by atoms with Crippen LogP contribution in [0.15, 0.2) is 30.5 Å². The number of aromatic nitrogens is 3. The number of likely N-dealkylation sites (tertiary alicyclic amines) is 1. The van der Waals surface area contributed by atoms with Crippen LogP contribution in [0.5, 0.6) is 0 Å². The predicted octanol–water partition coefficient (Wildman–Crippen LogP) is 2.76. The number of rotatable bonds is 3. The first-order chi connectivity index (χ1) is 11.4. The molecular formula is C16H15F3N4O. The molecule has 0 atom stereocenters. The normalized spacial score (nSPS) is 19.9. The molecular weight excluding hydrogens is 321 g/mol. The third-order valence-corrected chi connectivity index (χ3v) is 4.86. The molecule has 2 aromatic rings. The molecule has 1 aliphatic carbocycles. The smallest absolute Gasteiger partial charge is 0.344 e. The molecule has 0 radical (unpaired) electrons. The molecule has 0 N–H and O–H groups in total. The zero-order valence-corrected chi connectivity index (χ0v) is 12.7. The van der Waals surface area contributed by atoms with Gasteiger partial charge in [0.1, 0.15) is 11.4 Å². The van der Waals surface area contributed by atoms with Gasteiger partial charge < -0.3 is 4.90 Å². The largest absolute Gasteiger partial charge is 0.433 e. The maximum atomic E-state index is 13.4. The van der Waals surface area contributed by atoms with E-state index >= 15 is 0 Å². The maximum absolute atomic E-state index is 13.4. The summed E-state index contributed by atoms with van der Waals surface area (Å²) in [4.78, 5) is 16.4. The first-order valence-corrected chi connectivity index (χ1v) is 7.68. The molecule has 0 aromatic carbocycles. The molecule has 0 unspecified atom stereocenters. The average Bonchev–Trinajstić information content (AvgIpc) is 2.91. The summed E-state index contributed by atoms with van der Waals surface area (Å²) in [5, 5.41) is 4.18. The second-order valence-corrected chi connectivity index (χ2v) is 6.64. The van der Waals surface area contributed by atoms with Gasteiger partial charge in [-0.1, -0.05) is 6.07 Å². The van der Waals surface area contributed by atoms with Gasteiger partial charge in [0.25, 0.3) is 0 Å². The molecule has 3 heterocycles. The highest BCUT2D eigenvalue weighted by molar-refractivity contribution is 5.54. The molecule has 2 aliphatic rings. The Hall–Kier alpha value is -2.38. The minimum Gasteiger partial charge on any atom is -0.344 e. The van der Waals surface area contributed by atoms with Crippen LogP contribution in [0.25, 0.3) is 11.4 Å². The fourth-order valence-corrected chi connectivity index (χ4v) is 3.78. The van der Waals surface area contributed by atoms with Crippen molar-refractivity contribution in [2.75, 3.05) is 13.1 Å². The van der Waals surface area contributed by atoms with E-state index in [1.54, 1.807) is 23.1 Å². The Kier molecular flexibility index (Phi) is 3.20. The second kappa shape index (κ2) is 5.06. The first kappa shape index (κ1) is 15.2. The number of hydrogen-bond donors (Lipinski definition) is 0. The lowest BCUT2D eigenvalue weighted by Crippen LogP contribution is -2.61. The molecule has 126 valence electrons. The summed E-state index contributed by atoms with van der Waals surface area (Å²) in [7, 11) is 0. The summed E-state index contributed by atoms with van der Waals surface area (Å²) in [5.74, 6) is 0. The van der Waals surface area contributed by atoms with Gasteiger partial charge in [-0.3, -0.25) is 14.5 Å². The first-order valence-electron chi connectivity index (χ1n) is 7.68. The number of carbonyl (C=O) groups is 1. The zero-order valence-electron chi connectivity index (χ0n) is 12.7. The second-order valence-electron chi connectivity index (χ2n) is 6.64. The van der Waals surface area contributed by atoms with Gasteiger partial charge in [-0.25, -0.2) is 0 Å². The number of amides is 1. The van der Waals surface area contributed by atoms with E-state index in [1.807, 2.05) is 0 Å². The minimum atomic E-state index is -4.46. The van der Waals surface area contributed by atoms with Crippen LogP contribution in [0.4, 0.5) is 13.2 Å². The molecule has 1 amide bonds. The molecule has 1 spiro atoms. The number of carbonyl (C=O) groups excluding carboxylic acids is 1. The van der Waals surface area contributed by atoms with Crippen LogP contribution in [0.3, 0.4) is 0 Å². The number of pyridine rings is 1. The maximum Gasteiger partial charge on any atom is 0.433 e. The Morgan fingerprint density at radius 1 is 1.21 bits per heavy atom. The summed E-state index contributed by atoms with van der Waals surface area (Å²) in [6, 6.07) is 5.84. The molecule has 1 saturated carbocycles. The number of halogens is 3. The molecule has 4 rings (SSSR count). The number of nitrogens with zero attached hydrogens (tertiary/aromatic N) is 4. The number of hydrogen-bond acceptors (Lipinski definition) is 3. The predicted molar refractivity (Wildman–Crippen MR) is 78.8 cm³/mol. The zero-order chi connectivity index (χ0) is 16.9. The highest BCUT2D eigenvalue weighted by Gasteiger charge is 2.54. The van der Waals surface area contributed by atoms with Gasteiger partial charge in [-0.2, -0.15) is 18.3 Å². The highest BCUT2D eigenvalue weighted by atomic mass is 19.4. The van der Waals surface area contributed by atoms with Gasteiger partial charge in [0.2, 0.25) is 6.41 Å². The van der Waals surface area contributed by atoms with Crippen LogP contribution < -0.4 is 0 Å². The monoisotopic (exact) mass is 336 g/mol. The van der Waals surface area contributed by atoms with Crippen LogP contribution in [-0.2, 0) is 11.0 Å². The Morgan fingerprint density at radius 2 is 1.96 bits per heavy atom. The summed E-state index contributed by atoms with van der Waals surface area (Å²) in [6.45, 7) is 1.26. The molecule has 1 aliphatic heterocycles. The Morgan fingerprint density at radius 3 is 2.54 bits per heavy atom. The van der Waals surface area contributed by atoms with Crippen molar-refractivity contribution in [1.82, 2.24) is 19.7 Å². The summed E-state index contributed by atoms with van der Waals surface area (Å²) < 4.78 is 41.2. The fraction of sp³-hybridized carbons (Fsp3) is 0.438. The number of alkyl halides is 3. The van der Waals surface area contributed by atoms with Gasteiger partial charge in [-0.05, 0) is 31.0 Å². The van der Waals surface area contributed by atoms with Crippen molar-refractivity contribution in [2.24, 2.45) is 5.41 Å². The Balaban J connectivity index is 1.61. The topological polar surface area (TPSA) is 51.0 Å². The Bertz CT molecular complexity index is 757. The van der Waals surface area contributed by atoms with Gasteiger partial charge in [-0.15, -0.1) is 0 Å². The fourth-order valence-electron chi connectivity index (χ4n) is 3.78.